The van der Waals surface area contributed by atoms with Crippen LogP contribution in [0.1, 0.15) is 25.1 Å². The highest BCUT2D eigenvalue weighted by molar-refractivity contribution is 5.70. The van der Waals surface area contributed by atoms with E-state index < -0.39 is 5.82 Å². The Morgan fingerprint density at radius 2 is 2.24 bits per heavy atom. The molecule has 5 heteroatoms. The van der Waals surface area contributed by atoms with Crippen LogP contribution in [0.15, 0.2) is 22.7 Å². The fourth-order valence-corrected chi connectivity index (χ4v) is 1.94. The van der Waals surface area contributed by atoms with Crippen LogP contribution in [0.25, 0.3) is 11.5 Å². The first kappa shape index (κ1) is 10.3. The number of hydrogen-bond acceptors (Lipinski definition) is 4. The largest absolute Gasteiger partial charge is 0.398 e. The van der Waals surface area contributed by atoms with Crippen LogP contribution in [0, 0.1) is 11.7 Å². The zero-order valence-corrected chi connectivity index (χ0v) is 9.35. The van der Waals surface area contributed by atoms with Gasteiger partial charge in [-0.2, -0.15) is 4.98 Å². The third-order valence-corrected chi connectivity index (χ3v) is 3.14. The van der Waals surface area contributed by atoms with E-state index in [1.807, 2.05) is 0 Å². The molecule has 1 aromatic carbocycles. The van der Waals surface area contributed by atoms with Crippen molar-refractivity contribution in [3.63, 3.8) is 0 Å². The molecule has 0 spiro atoms. The monoisotopic (exact) mass is 233 g/mol. The molecule has 1 fully saturated rings. The van der Waals surface area contributed by atoms with Crippen molar-refractivity contribution in [2.24, 2.45) is 5.92 Å². The lowest BCUT2D eigenvalue weighted by molar-refractivity contribution is 0.420. The summed E-state index contributed by atoms with van der Waals surface area (Å²) in [5.41, 5.74) is 6.22. The SMILES string of the molecule is CC1CC1c1noc(-c2c(N)cccc2F)n1. The molecule has 17 heavy (non-hydrogen) atoms. The summed E-state index contributed by atoms with van der Waals surface area (Å²) in [4.78, 5) is 4.22. The van der Waals surface area contributed by atoms with Crippen molar-refractivity contribution >= 4 is 5.69 Å². The molecule has 3 rings (SSSR count). The molecule has 88 valence electrons. The minimum atomic E-state index is -0.441. The Morgan fingerprint density at radius 1 is 1.47 bits per heavy atom. The molecular formula is C12H12FN3O. The van der Waals surface area contributed by atoms with Crippen LogP contribution >= 0.6 is 0 Å². The second-order valence-electron chi connectivity index (χ2n) is 4.48. The van der Waals surface area contributed by atoms with Gasteiger partial charge in [0, 0.05) is 11.6 Å². The summed E-state index contributed by atoms with van der Waals surface area (Å²) in [5.74, 6) is 1.30. The number of nitrogen functional groups attached to an aromatic ring is 1. The quantitative estimate of drug-likeness (QED) is 0.809. The molecule has 4 nitrogen and oxygen atoms in total. The van der Waals surface area contributed by atoms with Gasteiger partial charge >= 0.3 is 0 Å². The van der Waals surface area contributed by atoms with E-state index in [2.05, 4.69) is 17.1 Å². The summed E-state index contributed by atoms with van der Waals surface area (Å²) in [6, 6.07) is 4.49. The van der Waals surface area contributed by atoms with E-state index >= 15 is 0 Å². The number of rotatable bonds is 2. The van der Waals surface area contributed by atoms with E-state index in [0.717, 1.165) is 6.42 Å². The van der Waals surface area contributed by atoms with Crippen LogP contribution in [-0.2, 0) is 0 Å². The summed E-state index contributed by atoms with van der Waals surface area (Å²) in [7, 11) is 0. The van der Waals surface area contributed by atoms with Gasteiger partial charge in [0.1, 0.15) is 5.82 Å². The molecule has 1 aliphatic rings. The molecule has 1 heterocycles. The first-order valence-corrected chi connectivity index (χ1v) is 5.55. The molecule has 1 saturated carbocycles. The topological polar surface area (TPSA) is 64.9 Å². The molecular weight excluding hydrogens is 221 g/mol. The molecule has 2 aromatic rings. The minimum Gasteiger partial charge on any atom is -0.398 e. The van der Waals surface area contributed by atoms with Gasteiger partial charge in [-0.1, -0.05) is 18.1 Å². The van der Waals surface area contributed by atoms with Crippen LogP contribution in [0.3, 0.4) is 0 Å². The van der Waals surface area contributed by atoms with Gasteiger partial charge in [0.25, 0.3) is 5.89 Å². The molecule has 1 aromatic heterocycles. The lowest BCUT2D eigenvalue weighted by atomic mass is 10.1. The molecule has 0 bridgehead atoms. The molecule has 0 saturated heterocycles. The van der Waals surface area contributed by atoms with Crippen LogP contribution in [0.2, 0.25) is 0 Å². The maximum absolute atomic E-state index is 13.6. The van der Waals surface area contributed by atoms with E-state index in [1.165, 1.54) is 6.07 Å². The summed E-state index contributed by atoms with van der Waals surface area (Å²) in [5, 5.41) is 3.88. The number of benzene rings is 1. The highest BCUT2D eigenvalue weighted by Crippen LogP contribution is 2.46. The number of halogens is 1. The molecule has 2 unspecified atom stereocenters. The first-order valence-electron chi connectivity index (χ1n) is 5.55. The molecule has 0 amide bonds. The van der Waals surface area contributed by atoms with Gasteiger partial charge in [-0.25, -0.2) is 4.39 Å². The number of aromatic nitrogens is 2. The summed E-state index contributed by atoms with van der Waals surface area (Å²) in [6.07, 6.45) is 1.06. The number of hydrogen-bond donors (Lipinski definition) is 1. The normalized spacial score (nSPS) is 22.7. The predicted octanol–water partition coefficient (Wildman–Crippen LogP) is 2.58. The second-order valence-corrected chi connectivity index (χ2v) is 4.48. The van der Waals surface area contributed by atoms with Crippen molar-refractivity contribution in [1.82, 2.24) is 10.1 Å². The molecule has 0 aliphatic heterocycles. The lowest BCUT2D eigenvalue weighted by Gasteiger charge is -2.00. The highest BCUT2D eigenvalue weighted by atomic mass is 19.1. The third kappa shape index (κ3) is 1.67. The standard InChI is InChI=1S/C12H12FN3O/c1-6-5-7(6)11-15-12(17-16-11)10-8(13)3-2-4-9(10)14/h2-4,6-7H,5,14H2,1H3. The average molecular weight is 233 g/mol. The van der Waals surface area contributed by atoms with Gasteiger partial charge in [0.05, 0.1) is 5.56 Å². The van der Waals surface area contributed by atoms with E-state index in [9.17, 15) is 4.39 Å². The fourth-order valence-electron chi connectivity index (χ4n) is 1.94. The van der Waals surface area contributed by atoms with Crippen molar-refractivity contribution in [2.75, 3.05) is 5.73 Å². The first-order chi connectivity index (χ1) is 8.16. The van der Waals surface area contributed by atoms with E-state index in [4.69, 9.17) is 10.3 Å². The Bertz CT molecular complexity index is 546. The van der Waals surface area contributed by atoms with Gasteiger partial charge in [0.15, 0.2) is 5.82 Å². The number of nitrogens with zero attached hydrogens (tertiary/aromatic N) is 2. The molecule has 2 atom stereocenters. The zero-order valence-electron chi connectivity index (χ0n) is 9.35. The average Bonchev–Trinajstić information content (AvgIpc) is 2.83. The molecule has 0 radical (unpaired) electrons. The lowest BCUT2D eigenvalue weighted by Crippen LogP contribution is -1.93. The van der Waals surface area contributed by atoms with Gasteiger partial charge < -0.3 is 10.3 Å². The smallest absolute Gasteiger partial charge is 0.263 e. The van der Waals surface area contributed by atoms with Crippen LogP contribution in [-0.4, -0.2) is 10.1 Å². The second kappa shape index (κ2) is 3.55. The Balaban J connectivity index is 2.01. The molecule has 2 N–H and O–H groups in total. The van der Waals surface area contributed by atoms with Crippen LogP contribution < -0.4 is 5.73 Å². The van der Waals surface area contributed by atoms with Gasteiger partial charge in [-0.15, -0.1) is 0 Å². The Kier molecular flexibility index (Phi) is 2.14. The maximum Gasteiger partial charge on any atom is 0.263 e. The van der Waals surface area contributed by atoms with Crippen molar-refractivity contribution in [3.8, 4) is 11.5 Å². The van der Waals surface area contributed by atoms with E-state index in [1.54, 1.807) is 12.1 Å². The Hall–Kier alpha value is -1.91. The predicted molar refractivity (Wildman–Crippen MR) is 60.6 cm³/mol. The number of nitrogens with two attached hydrogens (primary N) is 1. The fraction of sp³-hybridized carbons (Fsp3) is 0.333. The van der Waals surface area contributed by atoms with Crippen LogP contribution in [0.5, 0.6) is 0 Å². The summed E-state index contributed by atoms with van der Waals surface area (Å²) in [6.45, 7) is 2.12. The third-order valence-electron chi connectivity index (χ3n) is 3.14. The molecule has 1 aliphatic carbocycles. The van der Waals surface area contributed by atoms with Gasteiger partial charge in [0.2, 0.25) is 0 Å². The zero-order chi connectivity index (χ0) is 12.0. The van der Waals surface area contributed by atoms with Gasteiger partial charge in [-0.05, 0) is 24.5 Å². The van der Waals surface area contributed by atoms with E-state index in [-0.39, 0.29) is 11.5 Å². The highest BCUT2D eigenvalue weighted by Gasteiger charge is 2.38. The van der Waals surface area contributed by atoms with Crippen molar-refractivity contribution in [2.45, 2.75) is 19.3 Å². The van der Waals surface area contributed by atoms with Crippen molar-refractivity contribution in [1.29, 1.82) is 0 Å². The van der Waals surface area contributed by atoms with Crippen molar-refractivity contribution < 1.29 is 8.91 Å². The Morgan fingerprint density at radius 3 is 2.88 bits per heavy atom. The van der Waals surface area contributed by atoms with Crippen molar-refractivity contribution in [3.05, 3.63) is 29.8 Å². The van der Waals surface area contributed by atoms with Gasteiger partial charge in [-0.3, -0.25) is 0 Å². The maximum atomic E-state index is 13.6. The van der Waals surface area contributed by atoms with Crippen LogP contribution in [0.4, 0.5) is 10.1 Å². The Labute approximate surface area is 97.6 Å². The van der Waals surface area contributed by atoms with E-state index in [0.29, 0.717) is 23.3 Å². The minimum absolute atomic E-state index is 0.162. The number of anilines is 1. The summed E-state index contributed by atoms with van der Waals surface area (Å²) < 4.78 is 18.7. The summed E-state index contributed by atoms with van der Waals surface area (Å²) >= 11 is 0.